The summed E-state index contributed by atoms with van der Waals surface area (Å²) in [5, 5.41) is 9.25. The first-order valence-electron chi connectivity index (χ1n) is 9.27. The van der Waals surface area contributed by atoms with E-state index in [2.05, 4.69) is 20.9 Å². The second-order valence-electron chi connectivity index (χ2n) is 5.93. The van der Waals surface area contributed by atoms with Gasteiger partial charge in [0.1, 0.15) is 11.5 Å². The molecule has 0 fully saturated rings. The summed E-state index contributed by atoms with van der Waals surface area (Å²) >= 11 is 0. The van der Waals surface area contributed by atoms with E-state index in [0.29, 0.717) is 31.2 Å². The molecule has 0 saturated carbocycles. The zero-order chi connectivity index (χ0) is 20.0. The van der Waals surface area contributed by atoms with Gasteiger partial charge in [-0.2, -0.15) is 0 Å². The second kappa shape index (κ2) is 14.5. The largest absolute Gasteiger partial charge is 0.497 e. The molecule has 8 heteroatoms. The van der Waals surface area contributed by atoms with Gasteiger partial charge in [-0.1, -0.05) is 18.2 Å². The van der Waals surface area contributed by atoms with Crippen LogP contribution in [0.5, 0.6) is 11.5 Å². The maximum absolute atomic E-state index is 12.1. The van der Waals surface area contributed by atoms with E-state index < -0.39 is 0 Å². The number of amides is 1. The van der Waals surface area contributed by atoms with Gasteiger partial charge in [0.2, 0.25) is 0 Å². The van der Waals surface area contributed by atoms with Gasteiger partial charge in [0, 0.05) is 32.2 Å². The van der Waals surface area contributed by atoms with Crippen molar-refractivity contribution in [3.05, 3.63) is 60.2 Å². The van der Waals surface area contributed by atoms with Crippen molar-refractivity contribution in [3.63, 3.8) is 0 Å². The molecule has 29 heavy (non-hydrogen) atoms. The highest BCUT2D eigenvalue weighted by Gasteiger charge is 2.05. The van der Waals surface area contributed by atoms with E-state index in [4.69, 9.17) is 9.47 Å². The number of hydrogen-bond acceptors (Lipinski definition) is 4. The van der Waals surface area contributed by atoms with E-state index in [1.54, 1.807) is 38.4 Å². The summed E-state index contributed by atoms with van der Waals surface area (Å²) in [7, 11) is 3.31. The van der Waals surface area contributed by atoms with Gasteiger partial charge in [-0.25, -0.2) is 0 Å². The highest BCUT2D eigenvalue weighted by Crippen LogP contribution is 2.11. The fourth-order valence-corrected chi connectivity index (χ4v) is 2.41. The highest BCUT2D eigenvalue weighted by atomic mass is 127. The topological polar surface area (TPSA) is 84.0 Å². The van der Waals surface area contributed by atoms with Crippen LogP contribution in [0.25, 0.3) is 0 Å². The van der Waals surface area contributed by atoms with Crippen LogP contribution < -0.4 is 25.4 Å². The number of carbonyl (C=O) groups excluding carboxylic acids is 1. The molecule has 0 aliphatic heterocycles. The first-order chi connectivity index (χ1) is 13.7. The van der Waals surface area contributed by atoms with E-state index >= 15 is 0 Å². The minimum absolute atomic E-state index is 0. The van der Waals surface area contributed by atoms with Gasteiger partial charge < -0.3 is 25.4 Å². The Bertz CT molecular complexity index is 739. The van der Waals surface area contributed by atoms with Crippen molar-refractivity contribution < 1.29 is 14.3 Å². The molecule has 0 bridgehead atoms. The molecule has 2 aromatic carbocycles. The van der Waals surface area contributed by atoms with Gasteiger partial charge in [-0.15, -0.1) is 24.0 Å². The molecule has 0 spiro atoms. The molecule has 3 N–H and O–H groups in total. The van der Waals surface area contributed by atoms with E-state index in [9.17, 15) is 4.79 Å². The molecular formula is C21H29IN4O3. The number of hydrogen-bond donors (Lipinski definition) is 3. The molecule has 0 heterocycles. The summed E-state index contributed by atoms with van der Waals surface area (Å²) in [6, 6.07) is 16.7. The number of carbonyl (C=O) groups is 1. The Morgan fingerprint density at radius 1 is 0.897 bits per heavy atom. The summed E-state index contributed by atoms with van der Waals surface area (Å²) in [4.78, 5) is 16.2. The molecule has 0 aliphatic rings. The monoisotopic (exact) mass is 512 g/mol. The number of para-hydroxylation sites is 1. The summed E-state index contributed by atoms with van der Waals surface area (Å²) in [6.45, 7) is 2.43. The van der Waals surface area contributed by atoms with Gasteiger partial charge in [-0.05, 0) is 42.8 Å². The number of aliphatic imine (C=N–C) groups is 1. The third-order valence-electron chi connectivity index (χ3n) is 3.90. The Balaban J connectivity index is 0.00000420. The van der Waals surface area contributed by atoms with E-state index in [1.165, 1.54) is 0 Å². The molecule has 0 unspecified atom stereocenters. The van der Waals surface area contributed by atoms with Crippen LogP contribution in [0.15, 0.2) is 59.6 Å². The summed E-state index contributed by atoms with van der Waals surface area (Å²) < 4.78 is 10.7. The second-order valence-corrected chi connectivity index (χ2v) is 5.93. The number of nitrogens with one attached hydrogen (secondary N) is 3. The minimum Gasteiger partial charge on any atom is -0.497 e. The third-order valence-corrected chi connectivity index (χ3v) is 3.90. The predicted octanol–water partition coefficient (Wildman–Crippen LogP) is 2.68. The van der Waals surface area contributed by atoms with Crippen LogP contribution in [0, 0.1) is 0 Å². The van der Waals surface area contributed by atoms with Crippen molar-refractivity contribution in [1.82, 2.24) is 16.0 Å². The third kappa shape index (κ3) is 9.51. The van der Waals surface area contributed by atoms with Crippen LogP contribution in [0.4, 0.5) is 0 Å². The maximum Gasteiger partial charge on any atom is 0.251 e. The van der Waals surface area contributed by atoms with Crippen LogP contribution in [0.2, 0.25) is 0 Å². The quantitative estimate of drug-likeness (QED) is 0.197. The molecule has 0 aromatic heterocycles. The van der Waals surface area contributed by atoms with Gasteiger partial charge in [-0.3, -0.25) is 9.79 Å². The molecule has 158 valence electrons. The van der Waals surface area contributed by atoms with Crippen LogP contribution in [0.1, 0.15) is 16.8 Å². The number of guanidine groups is 1. The lowest BCUT2D eigenvalue weighted by Crippen LogP contribution is -2.42. The molecule has 1 amide bonds. The van der Waals surface area contributed by atoms with E-state index in [-0.39, 0.29) is 29.9 Å². The lowest BCUT2D eigenvalue weighted by atomic mass is 10.2. The van der Waals surface area contributed by atoms with Crippen molar-refractivity contribution in [2.75, 3.05) is 40.4 Å². The number of ether oxygens (including phenoxy) is 2. The predicted molar refractivity (Wildman–Crippen MR) is 127 cm³/mol. The first-order valence-corrected chi connectivity index (χ1v) is 9.27. The Hall–Kier alpha value is -2.49. The fourth-order valence-electron chi connectivity index (χ4n) is 2.41. The van der Waals surface area contributed by atoms with Crippen LogP contribution in [-0.2, 0) is 0 Å². The van der Waals surface area contributed by atoms with Crippen molar-refractivity contribution in [1.29, 1.82) is 0 Å². The molecule has 2 rings (SSSR count). The summed E-state index contributed by atoms with van der Waals surface area (Å²) in [5.41, 5.74) is 0.599. The Morgan fingerprint density at radius 3 is 2.21 bits per heavy atom. The van der Waals surface area contributed by atoms with Gasteiger partial charge in [0.15, 0.2) is 5.96 Å². The molecular weight excluding hydrogens is 483 g/mol. The smallest absolute Gasteiger partial charge is 0.251 e. The molecule has 0 atom stereocenters. The average molecular weight is 512 g/mol. The number of rotatable bonds is 10. The van der Waals surface area contributed by atoms with Gasteiger partial charge in [0.25, 0.3) is 5.91 Å². The zero-order valence-electron chi connectivity index (χ0n) is 16.8. The van der Waals surface area contributed by atoms with Crippen molar-refractivity contribution in [2.45, 2.75) is 6.42 Å². The number of methoxy groups -OCH3 is 1. The number of nitrogens with zero attached hydrogens (tertiary/aromatic N) is 1. The fraction of sp³-hybridized carbons (Fsp3) is 0.333. The number of benzene rings is 2. The zero-order valence-corrected chi connectivity index (χ0v) is 19.1. The normalized spacial score (nSPS) is 10.5. The molecule has 0 saturated heterocycles. The van der Waals surface area contributed by atoms with Crippen LogP contribution in [-0.4, -0.2) is 52.3 Å². The van der Waals surface area contributed by atoms with Gasteiger partial charge in [0.05, 0.1) is 13.7 Å². The average Bonchev–Trinajstić information content (AvgIpc) is 2.75. The van der Waals surface area contributed by atoms with E-state index in [1.807, 2.05) is 30.3 Å². The molecule has 0 aliphatic carbocycles. The molecule has 2 aromatic rings. The standard InChI is InChI=1S/C21H28N4O3.HI/c1-22-21(24-13-6-16-28-19-7-4-3-5-8-19)25-15-14-23-20(26)17-9-11-18(27-2)12-10-17;/h3-5,7-12H,6,13-16H2,1-2H3,(H,23,26)(H2,22,24,25);1H. The summed E-state index contributed by atoms with van der Waals surface area (Å²) in [6.07, 6.45) is 0.851. The van der Waals surface area contributed by atoms with Crippen LogP contribution in [0.3, 0.4) is 0 Å². The van der Waals surface area contributed by atoms with E-state index in [0.717, 1.165) is 24.5 Å². The Kier molecular flexibility index (Phi) is 12.3. The van der Waals surface area contributed by atoms with Crippen molar-refractivity contribution in [3.8, 4) is 11.5 Å². The van der Waals surface area contributed by atoms with Crippen LogP contribution >= 0.6 is 24.0 Å². The van der Waals surface area contributed by atoms with Crippen molar-refractivity contribution in [2.24, 2.45) is 4.99 Å². The lowest BCUT2D eigenvalue weighted by molar-refractivity contribution is 0.0954. The maximum atomic E-state index is 12.1. The Labute approximate surface area is 189 Å². The first kappa shape index (κ1) is 24.5. The molecule has 0 radical (unpaired) electrons. The van der Waals surface area contributed by atoms with Gasteiger partial charge >= 0.3 is 0 Å². The SMILES string of the molecule is CN=C(NCCCOc1ccccc1)NCCNC(=O)c1ccc(OC)cc1.I. The summed E-state index contributed by atoms with van der Waals surface area (Å²) in [5.74, 6) is 2.17. The number of halogens is 1. The van der Waals surface area contributed by atoms with Crippen molar-refractivity contribution >= 4 is 35.8 Å². The highest BCUT2D eigenvalue weighted by molar-refractivity contribution is 14.0. The molecule has 7 nitrogen and oxygen atoms in total. The lowest BCUT2D eigenvalue weighted by Gasteiger charge is -2.13. The Morgan fingerprint density at radius 2 is 1.55 bits per heavy atom. The minimum atomic E-state index is -0.120.